The van der Waals surface area contributed by atoms with Crippen molar-refractivity contribution >= 4 is 0 Å². The van der Waals surface area contributed by atoms with E-state index < -0.39 is 0 Å². The molecule has 0 aromatic rings. The van der Waals surface area contributed by atoms with Crippen LogP contribution in [0, 0.1) is 0 Å². The number of rotatable bonds is 4. The summed E-state index contributed by atoms with van der Waals surface area (Å²) in [5, 5.41) is 13.9. The highest BCUT2D eigenvalue weighted by Crippen LogP contribution is 1.99. The summed E-state index contributed by atoms with van der Waals surface area (Å²) < 4.78 is 0. The molecule has 0 bridgehead atoms. The molecule has 102 valence electrons. The Bertz CT molecular complexity index is 153. The first-order valence-corrected chi connectivity index (χ1v) is 6.99. The number of nitrogens with two attached hydrogens (primary N) is 1. The smallest absolute Gasteiger partial charge is 0.0193 e. The Kier molecular flexibility index (Phi) is 9.55. The third kappa shape index (κ3) is 8.51. The highest BCUT2D eigenvalue weighted by Gasteiger charge is 2.07. The van der Waals surface area contributed by atoms with Crippen molar-refractivity contribution < 1.29 is 0 Å². The zero-order valence-corrected chi connectivity index (χ0v) is 10.9. The Morgan fingerprint density at radius 2 is 1.47 bits per heavy atom. The van der Waals surface area contributed by atoms with Crippen molar-refractivity contribution in [1.29, 1.82) is 0 Å². The fourth-order valence-corrected chi connectivity index (χ4v) is 2.06. The molecule has 5 nitrogen and oxygen atoms in total. The molecule has 0 aromatic carbocycles. The molecule has 1 aliphatic heterocycles. The second-order valence-corrected chi connectivity index (χ2v) is 4.64. The molecule has 5 heteroatoms. The highest BCUT2D eigenvalue weighted by atomic mass is 15.0. The van der Waals surface area contributed by atoms with E-state index in [1.54, 1.807) is 0 Å². The molecule has 0 radical (unpaired) electrons. The van der Waals surface area contributed by atoms with Crippen molar-refractivity contribution in [3.63, 3.8) is 0 Å². The van der Waals surface area contributed by atoms with Crippen LogP contribution in [-0.4, -0.2) is 58.4 Å². The molecule has 1 fully saturated rings. The molecule has 1 aliphatic rings. The van der Waals surface area contributed by atoms with Crippen LogP contribution in [0.5, 0.6) is 0 Å². The molecule has 0 aliphatic carbocycles. The molecular formula is C12H29N5. The number of unbranched alkanes of at least 4 members (excludes halogenated alkanes) is 1. The molecule has 0 aromatic heterocycles. The van der Waals surface area contributed by atoms with Gasteiger partial charge in [-0.3, -0.25) is 0 Å². The van der Waals surface area contributed by atoms with Gasteiger partial charge in [-0.25, -0.2) is 0 Å². The molecule has 17 heavy (non-hydrogen) atoms. The minimum absolute atomic E-state index is 0.586. The van der Waals surface area contributed by atoms with Crippen molar-refractivity contribution in [2.45, 2.75) is 25.3 Å². The summed E-state index contributed by atoms with van der Waals surface area (Å²) in [6, 6.07) is 0.586. The van der Waals surface area contributed by atoms with E-state index in [1.807, 2.05) is 0 Å². The number of hydrogen-bond acceptors (Lipinski definition) is 5. The first kappa shape index (κ1) is 14.9. The zero-order chi connectivity index (χ0) is 12.2. The fourth-order valence-electron chi connectivity index (χ4n) is 2.06. The summed E-state index contributed by atoms with van der Waals surface area (Å²) in [5.74, 6) is 0. The average Bonchev–Trinajstić information content (AvgIpc) is 2.32. The summed E-state index contributed by atoms with van der Waals surface area (Å²) >= 11 is 0. The van der Waals surface area contributed by atoms with Gasteiger partial charge in [-0.2, -0.15) is 0 Å². The second-order valence-electron chi connectivity index (χ2n) is 4.64. The van der Waals surface area contributed by atoms with E-state index in [0.717, 1.165) is 58.8 Å². The topological polar surface area (TPSA) is 74.1 Å². The van der Waals surface area contributed by atoms with E-state index in [-0.39, 0.29) is 0 Å². The van der Waals surface area contributed by atoms with Gasteiger partial charge < -0.3 is 27.0 Å². The molecular weight excluding hydrogens is 214 g/mol. The lowest BCUT2D eigenvalue weighted by Crippen LogP contribution is -2.45. The normalized spacial score (nSPS) is 24.9. The minimum Gasteiger partial charge on any atom is -0.330 e. The summed E-state index contributed by atoms with van der Waals surface area (Å²) in [4.78, 5) is 0. The summed E-state index contributed by atoms with van der Waals surface area (Å²) in [7, 11) is 0. The maximum atomic E-state index is 5.53. The van der Waals surface area contributed by atoms with Gasteiger partial charge in [0, 0.05) is 51.9 Å². The molecule has 0 saturated carbocycles. The molecule has 1 heterocycles. The summed E-state index contributed by atoms with van der Waals surface area (Å²) in [5.41, 5.74) is 5.53. The number of nitrogens with one attached hydrogen (secondary N) is 4. The van der Waals surface area contributed by atoms with Gasteiger partial charge in [-0.1, -0.05) is 6.42 Å². The summed E-state index contributed by atoms with van der Waals surface area (Å²) in [6.07, 6.45) is 3.58. The van der Waals surface area contributed by atoms with E-state index in [2.05, 4.69) is 21.3 Å². The Labute approximate surface area is 105 Å². The molecule has 1 unspecified atom stereocenters. The van der Waals surface area contributed by atoms with Crippen LogP contribution in [0.1, 0.15) is 19.3 Å². The molecule has 6 N–H and O–H groups in total. The second kappa shape index (κ2) is 10.9. The lowest BCUT2D eigenvalue weighted by Gasteiger charge is -2.20. The van der Waals surface area contributed by atoms with E-state index in [9.17, 15) is 0 Å². The summed E-state index contributed by atoms with van der Waals surface area (Å²) in [6.45, 7) is 8.19. The maximum absolute atomic E-state index is 5.53. The Morgan fingerprint density at radius 3 is 2.18 bits per heavy atom. The zero-order valence-electron chi connectivity index (χ0n) is 10.9. The predicted molar refractivity (Wildman–Crippen MR) is 73.3 cm³/mol. The van der Waals surface area contributed by atoms with Gasteiger partial charge in [0.05, 0.1) is 0 Å². The largest absolute Gasteiger partial charge is 0.330 e. The van der Waals surface area contributed by atoms with Gasteiger partial charge in [0.1, 0.15) is 0 Å². The Hall–Kier alpha value is -0.200. The van der Waals surface area contributed by atoms with Crippen LogP contribution in [0.4, 0.5) is 0 Å². The van der Waals surface area contributed by atoms with E-state index in [1.165, 1.54) is 12.8 Å². The van der Waals surface area contributed by atoms with Gasteiger partial charge in [-0.15, -0.1) is 0 Å². The van der Waals surface area contributed by atoms with Crippen LogP contribution in [0.2, 0.25) is 0 Å². The van der Waals surface area contributed by atoms with E-state index in [4.69, 9.17) is 5.73 Å². The lowest BCUT2D eigenvalue weighted by molar-refractivity contribution is 0.422. The fraction of sp³-hybridized carbons (Fsp3) is 1.00. The van der Waals surface area contributed by atoms with Gasteiger partial charge in [0.15, 0.2) is 0 Å². The molecule has 0 amide bonds. The third-order valence-electron chi connectivity index (χ3n) is 3.09. The van der Waals surface area contributed by atoms with Crippen LogP contribution < -0.4 is 27.0 Å². The van der Waals surface area contributed by atoms with Crippen molar-refractivity contribution in [1.82, 2.24) is 21.3 Å². The van der Waals surface area contributed by atoms with Crippen LogP contribution in [0.15, 0.2) is 0 Å². The minimum atomic E-state index is 0.586. The average molecular weight is 243 g/mol. The third-order valence-corrected chi connectivity index (χ3v) is 3.09. The van der Waals surface area contributed by atoms with Gasteiger partial charge in [0.25, 0.3) is 0 Å². The Balaban J connectivity index is 2.17. The SMILES string of the molecule is NCCCCC1CNCCNCCNCCN1. The van der Waals surface area contributed by atoms with Crippen LogP contribution in [0.25, 0.3) is 0 Å². The number of hydrogen-bond donors (Lipinski definition) is 5. The van der Waals surface area contributed by atoms with Crippen LogP contribution in [-0.2, 0) is 0 Å². The maximum Gasteiger partial charge on any atom is 0.0193 e. The lowest BCUT2D eigenvalue weighted by atomic mass is 10.1. The van der Waals surface area contributed by atoms with Crippen molar-refractivity contribution in [2.24, 2.45) is 5.73 Å². The quantitative estimate of drug-likeness (QED) is 0.404. The predicted octanol–water partition coefficient (Wildman–Crippen LogP) is -1.14. The molecule has 1 saturated heterocycles. The standard InChI is InChI=1S/C12H29N5/c13-4-2-1-3-12-11-16-8-7-14-5-6-15-9-10-17-12/h12,14-17H,1-11,13H2. The van der Waals surface area contributed by atoms with Gasteiger partial charge in [-0.05, 0) is 19.4 Å². The highest BCUT2D eigenvalue weighted by molar-refractivity contribution is 4.72. The molecule has 0 spiro atoms. The first-order chi connectivity index (χ1) is 8.43. The molecule has 1 rings (SSSR count). The monoisotopic (exact) mass is 243 g/mol. The van der Waals surface area contributed by atoms with Crippen molar-refractivity contribution in [3.8, 4) is 0 Å². The Morgan fingerprint density at radius 1 is 0.824 bits per heavy atom. The van der Waals surface area contributed by atoms with Crippen LogP contribution >= 0.6 is 0 Å². The first-order valence-electron chi connectivity index (χ1n) is 6.99. The van der Waals surface area contributed by atoms with Crippen molar-refractivity contribution in [3.05, 3.63) is 0 Å². The molecule has 1 atom stereocenters. The van der Waals surface area contributed by atoms with Crippen molar-refractivity contribution in [2.75, 3.05) is 52.4 Å². The van der Waals surface area contributed by atoms with E-state index in [0.29, 0.717) is 6.04 Å². The van der Waals surface area contributed by atoms with Crippen LogP contribution in [0.3, 0.4) is 0 Å². The van der Waals surface area contributed by atoms with Gasteiger partial charge in [0.2, 0.25) is 0 Å². The van der Waals surface area contributed by atoms with Gasteiger partial charge >= 0.3 is 0 Å². The van der Waals surface area contributed by atoms with E-state index >= 15 is 0 Å².